The van der Waals surface area contributed by atoms with E-state index in [1.54, 1.807) is 7.11 Å². The molecule has 7 nitrogen and oxygen atoms in total. The van der Waals surface area contributed by atoms with E-state index in [1.165, 1.54) is 12.8 Å². The minimum Gasteiger partial charge on any atom is -0.493 e. The van der Waals surface area contributed by atoms with Gasteiger partial charge in [0.25, 0.3) is 0 Å². The van der Waals surface area contributed by atoms with Gasteiger partial charge in [-0.15, -0.1) is 0 Å². The van der Waals surface area contributed by atoms with Crippen molar-refractivity contribution in [1.82, 2.24) is 10.6 Å². The number of hydrogen-bond acceptors (Lipinski definition) is 5. The van der Waals surface area contributed by atoms with E-state index < -0.39 is 0 Å². The van der Waals surface area contributed by atoms with E-state index in [2.05, 4.69) is 16.7 Å². The summed E-state index contributed by atoms with van der Waals surface area (Å²) in [7, 11) is 1.60. The van der Waals surface area contributed by atoms with Crippen molar-refractivity contribution in [3.8, 4) is 17.2 Å². The largest absolute Gasteiger partial charge is 0.493 e. The van der Waals surface area contributed by atoms with Crippen LogP contribution in [0.3, 0.4) is 0 Å². The second-order valence-corrected chi connectivity index (χ2v) is 7.47. The predicted octanol–water partition coefficient (Wildman–Crippen LogP) is 3.11. The third-order valence-corrected chi connectivity index (χ3v) is 4.93. The third kappa shape index (κ3) is 7.36. The zero-order chi connectivity index (χ0) is 21.9. The van der Waals surface area contributed by atoms with Crippen LogP contribution >= 0.6 is 0 Å². The van der Waals surface area contributed by atoms with Crippen LogP contribution in [-0.2, 0) is 13.1 Å². The summed E-state index contributed by atoms with van der Waals surface area (Å²) in [6.07, 6.45) is 2.55. The molecule has 0 heterocycles. The van der Waals surface area contributed by atoms with Crippen molar-refractivity contribution in [2.45, 2.75) is 32.9 Å². The molecule has 0 aliphatic heterocycles. The van der Waals surface area contributed by atoms with E-state index in [-0.39, 0.29) is 13.2 Å². The second kappa shape index (κ2) is 12.1. The van der Waals surface area contributed by atoms with Crippen molar-refractivity contribution in [3.63, 3.8) is 0 Å². The van der Waals surface area contributed by atoms with Gasteiger partial charge in [-0.05, 0) is 49.4 Å². The summed E-state index contributed by atoms with van der Waals surface area (Å²) in [5, 5.41) is 15.6. The molecule has 3 rings (SSSR count). The number of benzene rings is 2. The van der Waals surface area contributed by atoms with Crippen molar-refractivity contribution in [2.24, 2.45) is 10.9 Å². The summed E-state index contributed by atoms with van der Waals surface area (Å²) in [5.74, 6) is 3.62. The molecule has 0 radical (unpaired) electrons. The number of aliphatic imine (C=N–C) groups is 1. The maximum atomic E-state index is 8.94. The molecular formula is C24H33N3O4. The Hall–Kier alpha value is -2.93. The van der Waals surface area contributed by atoms with E-state index in [9.17, 15) is 0 Å². The van der Waals surface area contributed by atoms with Crippen molar-refractivity contribution in [2.75, 3.05) is 33.5 Å². The van der Waals surface area contributed by atoms with Crippen LogP contribution in [0.25, 0.3) is 0 Å². The first-order valence-corrected chi connectivity index (χ1v) is 10.9. The lowest BCUT2D eigenvalue weighted by molar-refractivity contribution is 0.196. The van der Waals surface area contributed by atoms with Crippen LogP contribution in [0.4, 0.5) is 0 Å². The smallest absolute Gasteiger partial charge is 0.191 e. The van der Waals surface area contributed by atoms with Gasteiger partial charge in [-0.2, -0.15) is 0 Å². The minimum atomic E-state index is -0.0400. The number of nitrogens with one attached hydrogen (secondary N) is 2. The number of nitrogens with zero attached hydrogens (tertiary/aromatic N) is 1. The van der Waals surface area contributed by atoms with Gasteiger partial charge in [0, 0.05) is 18.7 Å². The van der Waals surface area contributed by atoms with Crippen LogP contribution in [0.1, 0.15) is 30.9 Å². The zero-order valence-electron chi connectivity index (χ0n) is 18.4. The van der Waals surface area contributed by atoms with Crippen LogP contribution in [-0.4, -0.2) is 44.5 Å². The normalized spacial score (nSPS) is 13.6. The fraction of sp³-hybridized carbons (Fsp3) is 0.458. The number of hydrogen-bond donors (Lipinski definition) is 3. The summed E-state index contributed by atoms with van der Waals surface area (Å²) >= 11 is 0. The summed E-state index contributed by atoms with van der Waals surface area (Å²) in [4.78, 5) is 4.70. The molecule has 1 aliphatic carbocycles. The van der Waals surface area contributed by atoms with Crippen molar-refractivity contribution < 1.29 is 19.3 Å². The van der Waals surface area contributed by atoms with Crippen LogP contribution < -0.4 is 24.8 Å². The molecule has 7 heteroatoms. The summed E-state index contributed by atoms with van der Waals surface area (Å²) in [5.41, 5.74) is 2.11. The Bertz CT molecular complexity index is 852. The Labute approximate surface area is 184 Å². The fourth-order valence-electron chi connectivity index (χ4n) is 3.06. The molecule has 0 amide bonds. The Morgan fingerprint density at radius 3 is 2.65 bits per heavy atom. The molecule has 2 aromatic carbocycles. The second-order valence-electron chi connectivity index (χ2n) is 7.47. The monoisotopic (exact) mass is 427 g/mol. The van der Waals surface area contributed by atoms with Gasteiger partial charge in [-0.1, -0.05) is 24.3 Å². The maximum absolute atomic E-state index is 8.94. The average Bonchev–Trinajstić information content (AvgIpc) is 3.63. The highest BCUT2D eigenvalue weighted by atomic mass is 16.5. The molecule has 0 atom stereocenters. The van der Waals surface area contributed by atoms with Gasteiger partial charge in [0.05, 0.1) is 26.9 Å². The Morgan fingerprint density at radius 2 is 1.90 bits per heavy atom. The number of aliphatic hydroxyl groups excluding tert-OH is 1. The van der Waals surface area contributed by atoms with Crippen molar-refractivity contribution in [3.05, 3.63) is 53.6 Å². The average molecular weight is 428 g/mol. The van der Waals surface area contributed by atoms with Crippen molar-refractivity contribution >= 4 is 5.96 Å². The van der Waals surface area contributed by atoms with Gasteiger partial charge in [0.2, 0.25) is 0 Å². The Morgan fingerprint density at radius 1 is 1.06 bits per heavy atom. The Balaban J connectivity index is 1.61. The quantitative estimate of drug-likeness (QED) is 0.357. The van der Waals surface area contributed by atoms with Gasteiger partial charge in [0.1, 0.15) is 12.4 Å². The minimum absolute atomic E-state index is 0.0400. The molecule has 31 heavy (non-hydrogen) atoms. The third-order valence-electron chi connectivity index (χ3n) is 4.93. The summed E-state index contributed by atoms with van der Waals surface area (Å²) in [6, 6.07) is 13.8. The molecule has 0 saturated heterocycles. The van der Waals surface area contributed by atoms with Gasteiger partial charge < -0.3 is 30.0 Å². The highest BCUT2D eigenvalue weighted by Gasteiger charge is 2.22. The van der Waals surface area contributed by atoms with Gasteiger partial charge in [-0.25, -0.2) is 4.99 Å². The number of rotatable bonds is 12. The highest BCUT2D eigenvalue weighted by Crippen LogP contribution is 2.30. The molecule has 1 aliphatic rings. The molecule has 0 spiro atoms. The molecular weight excluding hydrogens is 394 g/mol. The van der Waals surface area contributed by atoms with E-state index in [4.69, 9.17) is 24.3 Å². The molecule has 2 aromatic rings. The van der Waals surface area contributed by atoms with Crippen LogP contribution in [0.2, 0.25) is 0 Å². The molecule has 0 bridgehead atoms. The molecule has 0 aromatic heterocycles. The first-order valence-electron chi connectivity index (χ1n) is 10.9. The van der Waals surface area contributed by atoms with Gasteiger partial charge in [0.15, 0.2) is 17.5 Å². The van der Waals surface area contributed by atoms with Crippen LogP contribution in [0, 0.1) is 5.92 Å². The first kappa shape index (κ1) is 22.7. The number of guanidine groups is 1. The van der Waals surface area contributed by atoms with E-state index in [1.807, 2.05) is 43.3 Å². The molecule has 1 saturated carbocycles. The molecule has 3 N–H and O–H groups in total. The fourth-order valence-corrected chi connectivity index (χ4v) is 3.06. The highest BCUT2D eigenvalue weighted by molar-refractivity contribution is 5.79. The lowest BCUT2D eigenvalue weighted by Crippen LogP contribution is -2.36. The summed E-state index contributed by atoms with van der Waals surface area (Å²) in [6.45, 7) is 4.92. The van der Waals surface area contributed by atoms with E-state index >= 15 is 0 Å². The van der Waals surface area contributed by atoms with Gasteiger partial charge >= 0.3 is 0 Å². The number of para-hydroxylation sites is 1. The lowest BCUT2D eigenvalue weighted by atomic mass is 10.2. The summed E-state index contributed by atoms with van der Waals surface area (Å²) < 4.78 is 16.9. The number of aliphatic hydroxyl groups is 1. The number of methoxy groups -OCH3 is 1. The topological polar surface area (TPSA) is 84.3 Å². The Kier molecular flexibility index (Phi) is 8.84. The molecule has 1 fully saturated rings. The molecule has 168 valence electrons. The number of ether oxygens (including phenoxy) is 3. The van der Waals surface area contributed by atoms with Crippen LogP contribution in [0.5, 0.6) is 17.2 Å². The molecule has 0 unspecified atom stereocenters. The predicted molar refractivity (Wildman–Crippen MR) is 122 cm³/mol. The van der Waals surface area contributed by atoms with E-state index in [0.29, 0.717) is 24.6 Å². The van der Waals surface area contributed by atoms with E-state index in [0.717, 1.165) is 41.9 Å². The van der Waals surface area contributed by atoms with Gasteiger partial charge in [-0.3, -0.25) is 0 Å². The first-order chi connectivity index (χ1) is 15.2. The van der Waals surface area contributed by atoms with Crippen molar-refractivity contribution in [1.29, 1.82) is 0 Å². The van der Waals surface area contributed by atoms with Crippen LogP contribution in [0.15, 0.2) is 47.5 Å². The SMILES string of the molecule is CCNC(=NCc1ccc(OCCO)c(OC)c1)NCc1ccccc1OCC1CC1. The zero-order valence-corrected chi connectivity index (χ0v) is 18.4. The maximum Gasteiger partial charge on any atom is 0.191 e. The lowest BCUT2D eigenvalue weighted by Gasteiger charge is -2.15. The standard InChI is InChI=1S/C24H33N3O4/c1-3-25-24(26-15-19-10-11-22(30-13-12-28)23(14-19)29-2)27-16-20-6-4-5-7-21(20)31-17-18-8-9-18/h4-7,10-11,14,18,28H,3,8-9,12-13,15-17H2,1-2H3,(H2,25,26,27).